The van der Waals surface area contributed by atoms with Gasteiger partial charge in [-0.2, -0.15) is 0 Å². The lowest BCUT2D eigenvalue weighted by atomic mass is 10.1. The summed E-state index contributed by atoms with van der Waals surface area (Å²) in [5.41, 5.74) is 0. The number of terminal acetylenes is 1. The first kappa shape index (κ1) is 22.7. The smallest absolute Gasteiger partial charge is 0.193 e. The van der Waals surface area contributed by atoms with Crippen molar-refractivity contribution in [1.29, 1.82) is 0 Å². The molecule has 134 valence electrons. The van der Waals surface area contributed by atoms with Crippen molar-refractivity contribution in [2.24, 2.45) is 0 Å². The molecule has 0 saturated carbocycles. The van der Waals surface area contributed by atoms with Crippen molar-refractivity contribution in [1.82, 2.24) is 0 Å². The molecule has 0 fully saturated rings. The Hall–Kier alpha value is -0.346. The first-order chi connectivity index (χ1) is 10.1. The van der Waals surface area contributed by atoms with Gasteiger partial charge in [0.15, 0.2) is 16.6 Å². The fraction of sp³-hybridized carbons (Fsp3) is 0.789. The summed E-state index contributed by atoms with van der Waals surface area (Å²) in [5, 5.41) is 0.286. The molecule has 0 aromatic rings. The van der Waals surface area contributed by atoms with Crippen LogP contribution in [0.25, 0.3) is 0 Å². The number of hydrogen-bond donors (Lipinski definition) is 0. The van der Waals surface area contributed by atoms with Gasteiger partial charge in [0.1, 0.15) is 0 Å². The molecule has 0 aliphatic rings. The Morgan fingerprint density at radius 2 is 1.35 bits per heavy atom. The molecule has 0 aromatic heterocycles. The molecule has 0 aliphatic carbocycles. The molecule has 0 spiro atoms. The summed E-state index contributed by atoms with van der Waals surface area (Å²) in [6.07, 6.45) is 7.76. The van der Waals surface area contributed by atoms with E-state index < -0.39 is 16.6 Å². The van der Waals surface area contributed by atoms with Crippen molar-refractivity contribution in [3.8, 4) is 12.3 Å². The standard InChI is InChI=1S/C19H38O2Si2/c1-13-15-17(21-23(11,12)19(6,7)8)16(14-2)20-22(9,10)18(3,4)5/h1,14,16-17H,2,15H2,3-12H3/t16-,17-/m0/s1. The molecule has 0 rings (SSSR count). The van der Waals surface area contributed by atoms with Crippen LogP contribution in [0.5, 0.6) is 0 Å². The Bertz CT molecular complexity index is 434. The summed E-state index contributed by atoms with van der Waals surface area (Å²) in [7, 11) is -3.82. The summed E-state index contributed by atoms with van der Waals surface area (Å²) >= 11 is 0. The number of rotatable bonds is 7. The summed E-state index contributed by atoms with van der Waals surface area (Å²) in [5.74, 6) is 2.77. The van der Waals surface area contributed by atoms with E-state index in [0.29, 0.717) is 6.42 Å². The lowest BCUT2D eigenvalue weighted by molar-refractivity contribution is 0.0670. The quantitative estimate of drug-likeness (QED) is 0.318. The monoisotopic (exact) mass is 354 g/mol. The predicted octanol–water partition coefficient (Wildman–Crippen LogP) is 5.98. The first-order valence-electron chi connectivity index (χ1n) is 8.51. The minimum atomic E-state index is -1.91. The highest BCUT2D eigenvalue weighted by Gasteiger charge is 2.43. The van der Waals surface area contributed by atoms with Crippen LogP contribution in [0.4, 0.5) is 0 Å². The van der Waals surface area contributed by atoms with Gasteiger partial charge in [-0.05, 0) is 36.3 Å². The van der Waals surface area contributed by atoms with E-state index in [-0.39, 0.29) is 22.3 Å². The van der Waals surface area contributed by atoms with Crippen LogP contribution >= 0.6 is 0 Å². The SMILES string of the molecule is C#CC[C@H](O[Si](C)(C)C(C)(C)C)[C@H](C=C)O[Si](C)(C)C(C)(C)C. The highest BCUT2D eigenvalue weighted by Crippen LogP contribution is 2.40. The molecule has 0 heterocycles. The highest BCUT2D eigenvalue weighted by molar-refractivity contribution is 6.74. The Morgan fingerprint density at radius 1 is 0.957 bits per heavy atom. The van der Waals surface area contributed by atoms with Gasteiger partial charge < -0.3 is 8.85 Å². The van der Waals surface area contributed by atoms with E-state index in [9.17, 15) is 0 Å². The minimum Gasteiger partial charge on any atom is -0.410 e. The van der Waals surface area contributed by atoms with Crippen molar-refractivity contribution in [2.45, 2.75) is 96.4 Å². The third kappa shape index (κ3) is 6.23. The summed E-state index contributed by atoms with van der Waals surface area (Å²) in [4.78, 5) is 0. The Kier molecular flexibility index (Phi) is 7.58. The molecule has 0 radical (unpaired) electrons. The van der Waals surface area contributed by atoms with Gasteiger partial charge in [0.05, 0.1) is 12.2 Å². The summed E-state index contributed by atoms with van der Waals surface area (Å²) in [6.45, 7) is 26.4. The van der Waals surface area contributed by atoms with Crippen LogP contribution in [0, 0.1) is 12.3 Å². The van der Waals surface area contributed by atoms with E-state index in [0.717, 1.165) is 0 Å². The fourth-order valence-electron chi connectivity index (χ4n) is 1.69. The van der Waals surface area contributed by atoms with Crippen molar-refractivity contribution in [3.05, 3.63) is 12.7 Å². The third-order valence-corrected chi connectivity index (χ3v) is 14.4. The van der Waals surface area contributed by atoms with Crippen LogP contribution in [0.2, 0.25) is 36.3 Å². The Labute approximate surface area is 147 Å². The van der Waals surface area contributed by atoms with Crippen LogP contribution in [-0.2, 0) is 8.85 Å². The van der Waals surface area contributed by atoms with E-state index >= 15 is 0 Å². The van der Waals surface area contributed by atoms with Gasteiger partial charge in [0.25, 0.3) is 0 Å². The third-order valence-electron chi connectivity index (χ3n) is 5.41. The molecule has 2 nitrogen and oxygen atoms in total. The maximum Gasteiger partial charge on any atom is 0.193 e. The fourth-order valence-corrected chi connectivity index (χ4v) is 4.30. The van der Waals surface area contributed by atoms with Crippen molar-refractivity contribution in [2.75, 3.05) is 0 Å². The molecular weight excluding hydrogens is 316 g/mol. The molecule has 0 amide bonds. The first-order valence-corrected chi connectivity index (χ1v) is 14.3. The van der Waals surface area contributed by atoms with Gasteiger partial charge in [0, 0.05) is 6.42 Å². The second-order valence-corrected chi connectivity index (χ2v) is 18.9. The summed E-state index contributed by atoms with van der Waals surface area (Å²) in [6, 6.07) is 0. The van der Waals surface area contributed by atoms with Gasteiger partial charge in [-0.3, -0.25) is 0 Å². The van der Waals surface area contributed by atoms with Gasteiger partial charge in [0.2, 0.25) is 0 Å². The topological polar surface area (TPSA) is 18.5 Å². The predicted molar refractivity (Wildman–Crippen MR) is 108 cm³/mol. The normalized spacial score (nSPS) is 16.6. The zero-order valence-electron chi connectivity index (χ0n) is 17.0. The molecule has 4 heteroatoms. The minimum absolute atomic E-state index is 0.118. The summed E-state index contributed by atoms with van der Waals surface area (Å²) < 4.78 is 13.1. The molecule has 0 aliphatic heterocycles. The van der Waals surface area contributed by atoms with E-state index in [4.69, 9.17) is 15.3 Å². The average molecular weight is 355 g/mol. The molecule has 0 N–H and O–H groups in total. The second kappa shape index (κ2) is 7.69. The Morgan fingerprint density at radius 3 is 1.65 bits per heavy atom. The zero-order valence-corrected chi connectivity index (χ0v) is 19.0. The second-order valence-electron chi connectivity index (χ2n) is 9.40. The van der Waals surface area contributed by atoms with Crippen molar-refractivity contribution in [3.63, 3.8) is 0 Å². The maximum absolute atomic E-state index is 6.58. The number of hydrogen-bond acceptors (Lipinski definition) is 2. The molecule has 0 unspecified atom stereocenters. The maximum atomic E-state index is 6.58. The van der Waals surface area contributed by atoms with Gasteiger partial charge in [-0.1, -0.05) is 47.6 Å². The molecule has 0 saturated heterocycles. The van der Waals surface area contributed by atoms with Crippen LogP contribution in [-0.4, -0.2) is 28.8 Å². The van der Waals surface area contributed by atoms with E-state index in [1.165, 1.54) is 0 Å². The van der Waals surface area contributed by atoms with Crippen LogP contribution < -0.4 is 0 Å². The largest absolute Gasteiger partial charge is 0.410 e. The molecule has 2 atom stereocenters. The van der Waals surface area contributed by atoms with Crippen molar-refractivity contribution >= 4 is 16.6 Å². The molecular formula is C19H38O2Si2. The zero-order chi connectivity index (χ0) is 18.7. The van der Waals surface area contributed by atoms with Crippen LogP contribution in [0.15, 0.2) is 12.7 Å². The molecule has 0 aromatic carbocycles. The average Bonchev–Trinajstić information content (AvgIpc) is 2.32. The van der Waals surface area contributed by atoms with Gasteiger partial charge in [-0.25, -0.2) is 0 Å². The molecule has 0 bridgehead atoms. The van der Waals surface area contributed by atoms with E-state index in [1.807, 2.05) is 6.08 Å². The molecule has 23 heavy (non-hydrogen) atoms. The van der Waals surface area contributed by atoms with Gasteiger partial charge in [-0.15, -0.1) is 18.9 Å². The lowest BCUT2D eigenvalue weighted by Crippen LogP contribution is -2.51. The van der Waals surface area contributed by atoms with Gasteiger partial charge >= 0.3 is 0 Å². The van der Waals surface area contributed by atoms with E-state index in [1.54, 1.807) is 0 Å². The van der Waals surface area contributed by atoms with Crippen LogP contribution in [0.3, 0.4) is 0 Å². The Balaban J connectivity index is 5.42. The lowest BCUT2D eigenvalue weighted by Gasteiger charge is -2.44. The van der Waals surface area contributed by atoms with Crippen LogP contribution in [0.1, 0.15) is 48.0 Å². The van der Waals surface area contributed by atoms with Crippen molar-refractivity contribution < 1.29 is 8.85 Å². The van der Waals surface area contributed by atoms with E-state index in [2.05, 4.69) is 80.2 Å². The highest BCUT2D eigenvalue weighted by atomic mass is 28.4.